The second-order valence-corrected chi connectivity index (χ2v) is 10.5. The van der Waals surface area contributed by atoms with Crippen molar-refractivity contribution in [3.05, 3.63) is 122 Å². The molecule has 0 spiro atoms. The van der Waals surface area contributed by atoms with E-state index in [1.807, 2.05) is 0 Å². The lowest BCUT2D eigenvalue weighted by Crippen LogP contribution is -2.37. The third-order valence-electron chi connectivity index (χ3n) is 5.67. The molecule has 5 radical (unpaired) electrons. The van der Waals surface area contributed by atoms with E-state index in [0.717, 1.165) is 11.5 Å². The van der Waals surface area contributed by atoms with Crippen LogP contribution in [0.25, 0.3) is 0 Å². The number of nitrogens with zero attached hydrogens (tertiary/aromatic N) is 1. The lowest BCUT2D eigenvalue weighted by atomic mass is 9.87. The van der Waals surface area contributed by atoms with Gasteiger partial charge in [0.05, 0.1) is 6.04 Å². The number of hydrogen-bond acceptors (Lipinski definition) is 2. The highest BCUT2D eigenvalue weighted by Gasteiger charge is 2.45. The summed E-state index contributed by atoms with van der Waals surface area (Å²) in [5, 5.41) is 3.91. The Hall–Kier alpha value is -2.44. The highest BCUT2D eigenvalue weighted by molar-refractivity contribution is 7.80. The molecule has 0 saturated heterocycles. The van der Waals surface area contributed by atoms with E-state index in [0.29, 0.717) is 0 Å². The Kier molecular flexibility index (Phi) is 5.67. The molecule has 1 saturated carbocycles. The molecule has 0 amide bonds. The van der Waals surface area contributed by atoms with Gasteiger partial charge in [-0.25, -0.2) is 4.99 Å². The van der Waals surface area contributed by atoms with Crippen LogP contribution >= 0.6 is 7.92 Å². The monoisotopic (exact) mass is 422 g/mol. The van der Waals surface area contributed by atoms with E-state index >= 15 is 0 Å². The molecular formula is C28H25NOP. The molecule has 153 valence electrons. The molecule has 1 fully saturated rings. The van der Waals surface area contributed by atoms with Gasteiger partial charge in [0.2, 0.25) is 5.90 Å². The van der Waals surface area contributed by atoms with Crippen LogP contribution < -0.4 is 15.9 Å². The van der Waals surface area contributed by atoms with E-state index in [1.54, 1.807) is 0 Å². The molecule has 3 heteroatoms. The van der Waals surface area contributed by atoms with Crippen molar-refractivity contribution in [3.63, 3.8) is 0 Å². The third kappa shape index (κ3) is 4.06. The fraction of sp³-hybridized carbons (Fsp3) is 0.143. The van der Waals surface area contributed by atoms with Crippen molar-refractivity contribution < 1.29 is 4.74 Å². The van der Waals surface area contributed by atoms with Gasteiger partial charge < -0.3 is 4.74 Å². The Morgan fingerprint density at radius 2 is 1.29 bits per heavy atom. The molecule has 0 bridgehead atoms. The predicted molar refractivity (Wildman–Crippen MR) is 131 cm³/mol. The molecule has 3 aromatic rings. The van der Waals surface area contributed by atoms with Crippen molar-refractivity contribution in [1.29, 1.82) is 0 Å². The van der Waals surface area contributed by atoms with Crippen LogP contribution in [0.5, 0.6) is 0 Å². The zero-order valence-electron chi connectivity index (χ0n) is 17.8. The van der Waals surface area contributed by atoms with Crippen molar-refractivity contribution in [2.45, 2.75) is 25.5 Å². The smallest absolute Gasteiger partial charge is 0.217 e. The van der Waals surface area contributed by atoms with Crippen molar-refractivity contribution in [1.82, 2.24) is 0 Å². The van der Waals surface area contributed by atoms with Crippen molar-refractivity contribution in [2.24, 2.45) is 4.99 Å². The summed E-state index contributed by atoms with van der Waals surface area (Å²) in [6, 6.07) is 30.1. The largest absolute Gasteiger partial charge is 0.469 e. The molecule has 31 heavy (non-hydrogen) atoms. The summed E-state index contributed by atoms with van der Waals surface area (Å²) in [6.45, 7) is 4.25. The minimum atomic E-state index is -0.734. The van der Waals surface area contributed by atoms with Gasteiger partial charge in [0, 0.05) is 11.5 Å². The van der Waals surface area contributed by atoms with Crippen LogP contribution in [0, 0.1) is 31.6 Å². The Labute approximate surface area is 187 Å². The van der Waals surface area contributed by atoms with E-state index in [1.165, 1.54) is 21.8 Å². The number of rotatable bonds is 5. The van der Waals surface area contributed by atoms with Crippen LogP contribution in [0.4, 0.5) is 0 Å². The van der Waals surface area contributed by atoms with Crippen LogP contribution in [-0.2, 0) is 4.74 Å². The fourth-order valence-corrected chi connectivity index (χ4v) is 6.65. The molecule has 0 aromatic heterocycles. The van der Waals surface area contributed by atoms with Gasteiger partial charge in [-0.1, -0.05) is 78.9 Å². The maximum atomic E-state index is 6.49. The zero-order valence-corrected chi connectivity index (χ0v) is 18.7. The number of aliphatic imine (C=N–C) groups is 1. The van der Waals surface area contributed by atoms with Crippen LogP contribution in [0.1, 0.15) is 19.4 Å². The summed E-state index contributed by atoms with van der Waals surface area (Å²) in [5.41, 5.74) is 0.697. The normalized spacial score (nSPS) is 20.6. The number of benzene rings is 3. The Morgan fingerprint density at radius 1 is 0.742 bits per heavy atom. The van der Waals surface area contributed by atoms with Gasteiger partial charge in [0.15, 0.2) is 0 Å². The SMILES string of the molecule is CC1(C)OC(c2ccccc2P(c2ccccc2)c2ccccc2)=N[C@@H]1[C]1[CH][CH][CH][CH]1. The first kappa shape index (κ1) is 20.5. The van der Waals surface area contributed by atoms with Crippen molar-refractivity contribution in [3.8, 4) is 0 Å². The van der Waals surface area contributed by atoms with E-state index in [2.05, 4.69) is 124 Å². The lowest BCUT2D eigenvalue weighted by Gasteiger charge is -2.28. The highest BCUT2D eigenvalue weighted by Crippen LogP contribution is 2.41. The molecule has 2 nitrogen and oxygen atoms in total. The first-order valence-corrected chi connectivity index (χ1v) is 12.0. The second-order valence-electron chi connectivity index (χ2n) is 8.28. The van der Waals surface area contributed by atoms with E-state index in [-0.39, 0.29) is 11.6 Å². The Balaban J connectivity index is 1.61. The van der Waals surface area contributed by atoms with Crippen LogP contribution in [0.2, 0.25) is 0 Å². The maximum absolute atomic E-state index is 6.49. The Morgan fingerprint density at radius 3 is 1.90 bits per heavy atom. The summed E-state index contributed by atoms with van der Waals surface area (Å²) >= 11 is 0. The van der Waals surface area contributed by atoms with Crippen molar-refractivity contribution in [2.75, 3.05) is 0 Å². The van der Waals surface area contributed by atoms with Crippen molar-refractivity contribution >= 4 is 29.7 Å². The molecular weight excluding hydrogens is 397 g/mol. The third-order valence-corrected chi connectivity index (χ3v) is 8.17. The summed E-state index contributed by atoms with van der Waals surface area (Å²) in [4.78, 5) is 5.09. The van der Waals surface area contributed by atoms with Gasteiger partial charge in [-0.05, 0) is 69.4 Å². The predicted octanol–water partition coefficient (Wildman–Crippen LogP) is 4.77. The van der Waals surface area contributed by atoms with Gasteiger partial charge in [-0.3, -0.25) is 0 Å². The number of ether oxygens (including phenoxy) is 1. The van der Waals surface area contributed by atoms with Crippen LogP contribution in [0.15, 0.2) is 89.9 Å². The summed E-state index contributed by atoms with van der Waals surface area (Å²) in [5.74, 6) is 1.94. The molecule has 1 aliphatic carbocycles. The van der Waals surface area contributed by atoms with Crippen LogP contribution in [0.3, 0.4) is 0 Å². The first-order valence-electron chi connectivity index (χ1n) is 10.6. The molecule has 0 unspecified atom stereocenters. The van der Waals surface area contributed by atoms with E-state index in [9.17, 15) is 0 Å². The summed E-state index contributed by atoms with van der Waals surface area (Å²) in [6.07, 6.45) is 8.40. The van der Waals surface area contributed by atoms with Gasteiger partial charge in [-0.15, -0.1) is 0 Å². The van der Waals surface area contributed by atoms with E-state index < -0.39 is 7.92 Å². The summed E-state index contributed by atoms with van der Waals surface area (Å²) < 4.78 is 6.49. The minimum Gasteiger partial charge on any atom is -0.469 e. The summed E-state index contributed by atoms with van der Waals surface area (Å²) in [7, 11) is -0.734. The van der Waals surface area contributed by atoms with Gasteiger partial charge in [-0.2, -0.15) is 0 Å². The molecule has 1 aliphatic heterocycles. The van der Waals surface area contributed by atoms with Gasteiger partial charge in [0.25, 0.3) is 0 Å². The molecule has 2 aliphatic rings. The molecule has 3 aromatic carbocycles. The van der Waals surface area contributed by atoms with Gasteiger partial charge in [0.1, 0.15) is 5.60 Å². The maximum Gasteiger partial charge on any atom is 0.217 e. The van der Waals surface area contributed by atoms with E-state index in [4.69, 9.17) is 9.73 Å². The molecule has 0 N–H and O–H groups in total. The Bertz CT molecular complexity index is 1020. The molecule has 1 atom stereocenters. The standard InChI is InChI=1S/C28H25NOP/c1-28(2)26(21-13-9-10-14-21)29-27(30-28)24-19-11-12-20-25(24)31(22-15-5-3-6-16-22)23-17-7-4-8-18-23/h3-20,26H,1-2H3/t26-/m1/s1. The zero-order chi connectivity index (χ0) is 21.3. The highest BCUT2D eigenvalue weighted by atomic mass is 31.1. The topological polar surface area (TPSA) is 21.6 Å². The quantitative estimate of drug-likeness (QED) is 0.543. The average molecular weight is 422 g/mol. The lowest BCUT2D eigenvalue weighted by molar-refractivity contribution is 0.104. The number of hydrogen-bond donors (Lipinski definition) is 0. The fourth-order valence-electron chi connectivity index (χ4n) is 4.21. The average Bonchev–Trinajstić information content (AvgIpc) is 3.43. The van der Waals surface area contributed by atoms with Crippen LogP contribution in [-0.4, -0.2) is 17.5 Å². The minimum absolute atomic E-state index is 0.00904. The molecule has 1 heterocycles. The first-order chi connectivity index (χ1) is 15.1. The second kappa shape index (κ2) is 8.60. The molecule has 5 rings (SSSR count). The van der Waals surface area contributed by atoms with Gasteiger partial charge >= 0.3 is 0 Å².